The average Bonchev–Trinajstić information content (AvgIpc) is 2.66. The molecule has 8 heteroatoms. The van der Waals surface area contributed by atoms with Gasteiger partial charge in [-0.05, 0) is 0 Å². The average molecular weight is 291 g/mol. The Morgan fingerprint density at radius 3 is 3.13 bits per heavy atom. The third-order valence-electron chi connectivity index (χ3n) is 1.61. The first-order valence-corrected chi connectivity index (χ1v) is 5.43. The third kappa shape index (κ3) is 2.07. The van der Waals surface area contributed by atoms with Crippen molar-refractivity contribution in [3.05, 3.63) is 11.5 Å². The predicted octanol–water partition coefficient (Wildman–Crippen LogP) is 1.34. The molecule has 0 spiro atoms. The summed E-state index contributed by atoms with van der Waals surface area (Å²) in [6.07, 6.45) is 1.46. The molecule has 0 aliphatic rings. The Labute approximate surface area is 97.6 Å². The van der Waals surface area contributed by atoms with Gasteiger partial charge in [-0.15, -0.1) is 0 Å². The molecule has 2 N–H and O–H groups in total. The summed E-state index contributed by atoms with van der Waals surface area (Å²) in [6.45, 7) is 0. The molecular formula is C7H5BrClN5O. The number of hydrogen-bond donors (Lipinski definition) is 2. The maximum atomic E-state index is 11.1. The highest BCUT2D eigenvalue weighted by molar-refractivity contribution is 9.09. The molecule has 2 heterocycles. The van der Waals surface area contributed by atoms with E-state index in [2.05, 4.69) is 41.2 Å². The minimum absolute atomic E-state index is 0.143. The molecule has 0 radical (unpaired) electrons. The number of rotatable bonds is 2. The van der Waals surface area contributed by atoms with Crippen LogP contribution in [0.15, 0.2) is 6.33 Å². The van der Waals surface area contributed by atoms with Gasteiger partial charge in [0.1, 0.15) is 5.52 Å². The molecule has 0 atom stereocenters. The normalized spacial score (nSPS) is 10.5. The number of anilines is 1. The Morgan fingerprint density at radius 2 is 2.40 bits per heavy atom. The van der Waals surface area contributed by atoms with Crippen LogP contribution in [-0.2, 0) is 4.79 Å². The smallest absolute Gasteiger partial charge is 0.237 e. The van der Waals surface area contributed by atoms with Crippen LogP contribution in [0.1, 0.15) is 0 Å². The molecule has 2 aromatic heterocycles. The van der Waals surface area contributed by atoms with Crippen LogP contribution in [0.2, 0.25) is 5.15 Å². The minimum atomic E-state index is -0.249. The van der Waals surface area contributed by atoms with Crippen molar-refractivity contribution < 1.29 is 4.79 Å². The molecule has 0 saturated carbocycles. The third-order valence-corrected chi connectivity index (χ3v) is 2.40. The lowest BCUT2D eigenvalue weighted by Crippen LogP contribution is -2.14. The fourth-order valence-electron chi connectivity index (χ4n) is 1.01. The van der Waals surface area contributed by atoms with Crippen molar-refractivity contribution in [2.75, 3.05) is 10.6 Å². The van der Waals surface area contributed by atoms with Crippen molar-refractivity contribution in [1.82, 2.24) is 19.9 Å². The van der Waals surface area contributed by atoms with Crippen LogP contribution in [0.4, 0.5) is 5.95 Å². The first-order valence-electron chi connectivity index (χ1n) is 3.93. The maximum absolute atomic E-state index is 11.1. The second kappa shape index (κ2) is 4.11. The number of nitrogens with zero attached hydrogens (tertiary/aromatic N) is 3. The summed E-state index contributed by atoms with van der Waals surface area (Å²) in [6, 6.07) is 0. The van der Waals surface area contributed by atoms with E-state index in [-0.39, 0.29) is 22.3 Å². The number of H-pyrrole nitrogens is 1. The first-order chi connectivity index (χ1) is 7.20. The number of hydrogen-bond acceptors (Lipinski definition) is 4. The zero-order valence-corrected chi connectivity index (χ0v) is 9.63. The van der Waals surface area contributed by atoms with Gasteiger partial charge < -0.3 is 4.98 Å². The van der Waals surface area contributed by atoms with Gasteiger partial charge >= 0.3 is 0 Å². The molecule has 0 bridgehead atoms. The van der Waals surface area contributed by atoms with Crippen LogP contribution < -0.4 is 5.32 Å². The van der Waals surface area contributed by atoms with Gasteiger partial charge in [-0.25, -0.2) is 4.98 Å². The van der Waals surface area contributed by atoms with Gasteiger partial charge in [0, 0.05) is 0 Å². The largest absolute Gasteiger partial charge is 0.341 e. The second-order valence-corrected chi connectivity index (χ2v) is 3.54. The molecule has 15 heavy (non-hydrogen) atoms. The summed E-state index contributed by atoms with van der Waals surface area (Å²) < 4.78 is 0. The standard InChI is InChI=1S/C7H5BrClN5O/c8-1-3(15)12-7-13-5(9)4-6(14-7)11-2-10-4/h2H,1H2,(H2,10,11,12,13,14,15). The fraction of sp³-hybridized carbons (Fsp3) is 0.143. The van der Waals surface area contributed by atoms with Gasteiger partial charge in [0.25, 0.3) is 0 Å². The van der Waals surface area contributed by atoms with Crippen molar-refractivity contribution in [3.63, 3.8) is 0 Å². The second-order valence-electron chi connectivity index (χ2n) is 2.62. The number of carbonyl (C=O) groups is 1. The summed E-state index contributed by atoms with van der Waals surface area (Å²) >= 11 is 8.86. The van der Waals surface area contributed by atoms with Gasteiger partial charge in [-0.3, -0.25) is 10.1 Å². The summed E-state index contributed by atoms with van der Waals surface area (Å²) in [7, 11) is 0. The molecule has 0 aromatic carbocycles. The van der Waals surface area contributed by atoms with E-state index in [0.717, 1.165) is 0 Å². The van der Waals surface area contributed by atoms with Gasteiger partial charge in [-0.2, -0.15) is 9.97 Å². The highest BCUT2D eigenvalue weighted by Gasteiger charge is 2.09. The van der Waals surface area contributed by atoms with E-state index in [0.29, 0.717) is 11.2 Å². The molecule has 0 aliphatic carbocycles. The Bertz CT molecular complexity index is 513. The van der Waals surface area contributed by atoms with Gasteiger partial charge in [0.15, 0.2) is 10.8 Å². The Morgan fingerprint density at radius 1 is 1.60 bits per heavy atom. The molecule has 1 amide bonds. The van der Waals surface area contributed by atoms with Crippen molar-refractivity contribution in [3.8, 4) is 0 Å². The molecule has 0 fully saturated rings. The number of fused-ring (bicyclic) bond motifs is 1. The topological polar surface area (TPSA) is 83.6 Å². The zero-order valence-electron chi connectivity index (χ0n) is 7.29. The quantitative estimate of drug-likeness (QED) is 0.646. The Balaban J connectivity index is 2.40. The van der Waals surface area contributed by atoms with Crippen LogP contribution >= 0.6 is 27.5 Å². The SMILES string of the molecule is O=C(CBr)Nc1nc(Cl)c2[nH]cnc2n1. The van der Waals surface area contributed by atoms with E-state index in [1.165, 1.54) is 6.33 Å². The van der Waals surface area contributed by atoms with Crippen LogP contribution in [0.3, 0.4) is 0 Å². The maximum Gasteiger partial charge on any atom is 0.237 e. The Kier molecular flexibility index (Phi) is 2.83. The lowest BCUT2D eigenvalue weighted by Gasteiger charge is -2.01. The number of amides is 1. The highest BCUT2D eigenvalue weighted by atomic mass is 79.9. The van der Waals surface area contributed by atoms with Crippen molar-refractivity contribution in [2.24, 2.45) is 0 Å². The minimum Gasteiger partial charge on any atom is -0.341 e. The van der Waals surface area contributed by atoms with Gasteiger partial charge in [-0.1, -0.05) is 27.5 Å². The van der Waals surface area contributed by atoms with E-state index >= 15 is 0 Å². The van der Waals surface area contributed by atoms with E-state index in [1.807, 2.05) is 0 Å². The number of aromatic nitrogens is 4. The molecule has 0 aliphatic heterocycles. The number of imidazole rings is 1. The molecule has 0 saturated heterocycles. The lowest BCUT2D eigenvalue weighted by molar-refractivity contribution is -0.113. The molecular weight excluding hydrogens is 285 g/mol. The fourth-order valence-corrected chi connectivity index (χ4v) is 1.37. The van der Waals surface area contributed by atoms with Crippen LogP contribution in [0.25, 0.3) is 11.2 Å². The molecule has 0 unspecified atom stereocenters. The predicted molar refractivity (Wildman–Crippen MR) is 59.1 cm³/mol. The van der Waals surface area contributed by atoms with Crippen molar-refractivity contribution in [1.29, 1.82) is 0 Å². The number of nitrogens with one attached hydrogen (secondary N) is 2. The van der Waals surface area contributed by atoms with Crippen molar-refractivity contribution >= 4 is 50.6 Å². The first kappa shape index (κ1) is 10.3. The number of aromatic amines is 1. The molecule has 2 rings (SSSR count). The highest BCUT2D eigenvalue weighted by Crippen LogP contribution is 2.17. The number of halogens is 2. The van der Waals surface area contributed by atoms with Crippen LogP contribution in [-0.4, -0.2) is 31.2 Å². The van der Waals surface area contributed by atoms with E-state index < -0.39 is 0 Å². The van der Waals surface area contributed by atoms with E-state index in [9.17, 15) is 4.79 Å². The summed E-state index contributed by atoms with van der Waals surface area (Å²) in [5.41, 5.74) is 0.966. The lowest BCUT2D eigenvalue weighted by atomic mass is 10.5. The van der Waals surface area contributed by atoms with E-state index in [1.54, 1.807) is 0 Å². The van der Waals surface area contributed by atoms with Crippen LogP contribution in [0, 0.1) is 0 Å². The number of alkyl halides is 1. The molecule has 6 nitrogen and oxygen atoms in total. The Hall–Kier alpha value is -1.21. The summed E-state index contributed by atoms with van der Waals surface area (Å²) in [5.74, 6) is -0.106. The van der Waals surface area contributed by atoms with Gasteiger partial charge in [0.2, 0.25) is 11.9 Å². The van der Waals surface area contributed by atoms with Crippen molar-refractivity contribution in [2.45, 2.75) is 0 Å². The van der Waals surface area contributed by atoms with Gasteiger partial charge in [0.05, 0.1) is 11.7 Å². The zero-order chi connectivity index (χ0) is 10.8. The summed E-state index contributed by atoms with van der Waals surface area (Å²) in [4.78, 5) is 25.7. The summed E-state index contributed by atoms with van der Waals surface area (Å²) in [5, 5.41) is 2.87. The monoisotopic (exact) mass is 289 g/mol. The molecule has 78 valence electrons. The van der Waals surface area contributed by atoms with Crippen LogP contribution in [0.5, 0.6) is 0 Å². The van der Waals surface area contributed by atoms with E-state index in [4.69, 9.17) is 11.6 Å². The molecule has 2 aromatic rings. The number of carbonyl (C=O) groups excluding carboxylic acids is 1.